The molecular formula is C12H17ClN2O. The number of hydrogen-bond acceptors (Lipinski definition) is 2. The first kappa shape index (κ1) is 13.0. The second-order valence-corrected chi connectivity index (χ2v) is 4.06. The summed E-state index contributed by atoms with van der Waals surface area (Å²) >= 11 is 6.07. The van der Waals surface area contributed by atoms with E-state index in [0.29, 0.717) is 19.6 Å². The molecule has 0 aromatic heterocycles. The summed E-state index contributed by atoms with van der Waals surface area (Å²) in [7, 11) is 0. The third-order valence-electron chi connectivity index (χ3n) is 2.18. The van der Waals surface area contributed by atoms with Crippen LogP contribution in [0, 0.1) is 6.92 Å². The second kappa shape index (κ2) is 6.51. The van der Waals surface area contributed by atoms with Gasteiger partial charge in [0.25, 0.3) is 0 Å². The minimum Gasteiger partial charge on any atom is -0.355 e. The zero-order valence-corrected chi connectivity index (χ0v) is 10.4. The standard InChI is InChI=1S/C12H17ClN2O/c1-3-15-12(16)8-14-7-10-5-4-9(2)6-11(10)13/h4-6,14H,3,7-8H2,1-2H3,(H,15,16). The maximum Gasteiger partial charge on any atom is 0.233 e. The summed E-state index contributed by atoms with van der Waals surface area (Å²) in [5, 5.41) is 6.51. The lowest BCUT2D eigenvalue weighted by Gasteiger charge is -2.07. The topological polar surface area (TPSA) is 41.1 Å². The fourth-order valence-corrected chi connectivity index (χ4v) is 1.67. The third kappa shape index (κ3) is 4.21. The predicted octanol–water partition coefficient (Wildman–Crippen LogP) is 1.87. The van der Waals surface area contributed by atoms with Gasteiger partial charge in [-0.25, -0.2) is 0 Å². The SMILES string of the molecule is CCNC(=O)CNCc1ccc(C)cc1Cl. The van der Waals surface area contributed by atoms with Crippen LogP contribution in [0.15, 0.2) is 18.2 Å². The molecule has 16 heavy (non-hydrogen) atoms. The van der Waals surface area contributed by atoms with Crippen LogP contribution in [0.2, 0.25) is 5.02 Å². The molecule has 0 aliphatic carbocycles. The number of halogens is 1. The van der Waals surface area contributed by atoms with Crippen LogP contribution in [0.1, 0.15) is 18.1 Å². The Kier molecular flexibility index (Phi) is 5.29. The van der Waals surface area contributed by atoms with Crippen molar-refractivity contribution >= 4 is 17.5 Å². The average Bonchev–Trinajstić information content (AvgIpc) is 2.22. The van der Waals surface area contributed by atoms with E-state index in [1.807, 2.05) is 32.0 Å². The maximum absolute atomic E-state index is 11.2. The van der Waals surface area contributed by atoms with Crippen molar-refractivity contribution < 1.29 is 4.79 Å². The normalized spacial score (nSPS) is 10.2. The molecule has 0 unspecified atom stereocenters. The Hall–Kier alpha value is -1.06. The van der Waals surface area contributed by atoms with Crippen LogP contribution in [0.25, 0.3) is 0 Å². The number of hydrogen-bond donors (Lipinski definition) is 2. The number of likely N-dealkylation sites (N-methyl/N-ethyl adjacent to an activating group) is 1. The third-order valence-corrected chi connectivity index (χ3v) is 2.54. The van der Waals surface area contributed by atoms with Gasteiger partial charge in [0.2, 0.25) is 5.91 Å². The lowest BCUT2D eigenvalue weighted by molar-refractivity contribution is -0.120. The van der Waals surface area contributed by atoms with Crippen LogP contribution in [0.5, 0.6) is 0 Å². The van der Waals surface area contributed by atoms with Gasteiger partial charge >= 0.3 is 0 Å². The molecule has 0 atom stereocenters. The van der Waals surface area contributed by atoms with Gasteiger partial charge in [-0.1, -0.05) is 23.7 Å². The summed E-state index contributed by atoms with van der Waals surface area (Å²) in [6, 6.07) is 5.90. The Bertz CT molecular complexity index is 366. The van der Waals surface area contributed by atoms with E-state index in [-0.39, 0.29) is 5.91 Å². The van der Waals surface area contributed by atoms with Crippen molar-refractivity contribution in [2.75, 3.05) is 13.1 Å². The van der Waals surface area contributed by atoms with Crippen molar-refractivity contribution in [1.82, 2.24) is 10.6 Å². The van der Waals surface area contributed by atoms with Gasteiger partial charge in [-0.2, -0.15) is 0 Å². The number of amides is 1. The quantitative estimate of drug-likeness (QED) is 0.825. The van der Waals surface area contributed by atoms with Crippen molar-refractivity contribution in [3.63, 3.8) is 0 Å². The van der Waals surface area contributed by atoms with Gasteiger partial charge in [0.1, 0.15) is 0 Å². The highest BCUT2D eigenvalue weighted by Gasteiger charge is 2.02. The highest BCUT2D eigenvalue weighted by molar-refractivity contribution is 6.31. The predicted molar refractivity (Wildman–Crippen MR) is 66.6 cm³/mol. The van der Waals surface area contributed by atoms with Crippen molar-refractivity contribution in [2.24, 2.45) is 0 Å². The molecule has 0 bridgehead atoms. The van der Waals surface area contributed by atoms with E-state index < -0.39 is 0 Å². The van der Waals surface area contributed by atoms with Crippen LogP contribution in [0.4, 0.5) is 0 Å². The molecule has 0 spiro atoms. The molecule has 0 radical (unpaired) electrons. The molecule has 0 heterocycles. The summed E-state index contributed by atoms with van der Waals surface area (Å²) in [6.07, 6.45) is 0. The molecule has 88 valence electrons. The number of rotatable bonds is 5. The van der Waals surface area contributed by atoms with Crippen LogP contribution in [0.3, 0.4) is 0 Å². The summed E-state index contributed by atoms with van der Waals surface area (Å²) < 4.78 is 0. The first-order valence-electron chi connectivity index (χ1n) is 5.36. The monoisotopic (exact) mass is 240 g/mol. The van der Waals surface area contributed by atoms with E-state index in [1.54, 1.807) is 0 Å². The fraction of sp³-hybridized carbons (Fsp3) is 0.417. The van der Waals surface area contributed by atoms with Gasteiger partial charge in [-0.15, -0.1) is 0 Å². The molecule has 0 aliphatic heterocycles. The van der Waals surface area contributed by atoms with E-state index in [2.05, 4.69) is 10.6 Å². The summed E-state index contributed by atoms with van der Waals surface area (Å²) in [5.74, 6) is 0.00531. The molecule has 0 aliphatic rings. The maximum atomic E-state index is 11.2. The molecule has 0 fully saturated rings. The van der Waals surface area contributed by atoms with Gasteiger partial charge in [0.05, 0.1) is 6.54 Å². The summed E-state index contributed by atoms with van der Waals surface area (Å²) in [4.78, 5) is 11.2. The molecule has 1 aromatic rings. The molecule has 0 saturated carbocycles. The molecule has 1 rings (SSSR count). The number of aryl methyl sites for hydroxylation is 1. The van der Waals surface area contributed by atoms with Crippen LogP contribution in [-0.2, 0) is 11.3 Å². The van der Waals surface area contributed by atoms with Crippen LogP contribution >= 0.6 is 11.6 Å². The van der Waals surface area contributed by atoms with Crippen molar-refractivity contribution in [2.45, 2.75) is 20.4 Å². The van der Waals surface area contributed by atoms with Gasteiger partial charge < -0.3 is 10.6 Å². The summed E-state index contributed by atoms with van der Waals surface area (Å²) in [6.45, 7) is 5.48. The fourth-order valence-electron chi connectivity index (χ4n) is 1.37. The van der Waals surface area contributed by atoms with Gasteiger partial charge in [-0.3, -0.25) is 4.79 Å². The van der Waals surface area contributed by atoms with Gasteiger partial charge in [0, 0.05) is 18.1 Å². The minimum atomic E-state index is 0.00531. The lowest BCUT2D eigenvalue weighted by atomic mass is 10.1. The highest BCUT2D eigenvalue weighted by Crippen LogP contribution is 2.16. The number of carbonyl (C=O) groups excluding carboxylic acids is 1. The van der Waals surface area contributed by atoms with Crippen LogP contribution < -0.4 is 10.6 Å². The molecule has 2 N–H and O–H groups in total. The molecule has 3 nitrogen and oxygen atoms in total. The average molecular weight is 241 g/mol. The van der Waals surface area contributed by atoms with Crippen molar-refractivity contribution in [3.8, 4) is 0 Å². The number of benzene rings is 1. The molecule has 1 amide bonds. The Morgan fingerprint density at radius 2 is 2.19 bits per heavy atom. The van der Waals surface area contributed by atoms with Gasteiger partial charge in [-0.05, 0) is 31.0 Å². The molecule has 1 aromatic carbocycles. The molecular weight excluding hydrogens is 224 g/mol. The number of nitrogens with one attached hydrogen (secondary N) is 2. The number of carbonyl (C=O) groups is 1. The first-order chi connectivity index (χ1) is 7.63. The Morgan fingerprint density at radius 1 is 1.44 bits per heavy atom. The summed E-state index contributed by atoms with van der Waals surface area (Å²) in [5.41, 5.74) is 2.15. The Balaban J connectivity index is 2.40. The lowest BCUT2D eigenvalue weighted by Crippen LogP contribution is -2.33. The van der Waals surface area contributed by atoms with E-state index in [0.717, 1.165) is 16.1 Å². The largest absolute Gasteiger partial charge is 0.355 e. The van der Waals surface area contributed by atoms with E-state index in [1.165, 1.54) is 0 Å². The van der Waals surface area contributed by atoms with E-state index in [4.69, 9.17) is 11.6 Å². The van der Waals surface area contributed by atoms with Crippen molar-refractivity contribution in [1.29, 1.82) is 0 Å². The second-order valence-electron chi connectivity index (χ2n) is 3.65. The van der Waals surface area contributed by atoms with E-state index in [9.17, 15) is 4.79 Å². The van der Waals surface area contributed by atoms with Crippen molar-refractivity contribution in [3.05, 3.63) is 34.3 Å². The van der Waals surface area contributed by atoms with Crippen LogP contribution in [-0.4, -0.2) is 19.0 Å². The smallest absolute Gasteiger partial charge is 0.233 e. The zero-order valence-electron chi connectivity index (χ0n) is 9.64. The highest BCUT2D eigenvalue weighted by atomic mass is 35.5. The van der Waals surface area contributed by atoms with Gasteiger partial charge in [0.15, 0.2) is 0 Å². The molecule has 4 heteroatoms. The van der Waals surface area contributed by atoms with E-state index >= 15 is 0 Å². The first-order valence-corrected chi connectivity index (χ1v) is 5.73. The Labute approximate surface area is 101 Å². The minimum absolute atomic E-state index is 0.00531. The zero-order chi connectivity index (χ0) is 12.0. The molecule has 0 saturated heterocycles. The Morgan fingerprint density at radius 3 is 2.81 bits per heavy atom.